The topological polar surface area (TPSA) is 20.3 Å². The summed E-state index contributed by atoms with van der Waals surface area (Å²) in [6, 6.07) is 6.85. The van der Waals surface area contributed by atoms with Gasteiger partial charge in [-0.1, -0.05) is 34.1 Å². The third-order valence-electron chi connectivity index (χ3n) is 2.93. The predicted molar refractivity (Wildman–Crippen MR) is 68.6 cm³/mol. The highest BCUT2D eigenvalue weighted by molar-refractivity contribution is 9.09. The van der Waals surface area contributed by atoms with Crippen molar-refractivity contribution in [2.24, 2.45) is 0 Å². The van der Waals surface area contributed by atoms with E-state index in [1.807, 2.05) is 4.90 Å². The third-order valence-corrected chi connectivity index (χ3v) is 3.29. The number of benzene rings is 1. The van der Waals surface area contributed by atoms with E-state index in [0.29, 0.717) is 18.2 Å². The molecule has 92 valence electrons. The number of hydrogen-bond acceptors (Lipinski definition) is 1. The quantitative estimate of drug-likeness (QED) is 0.766. The summed E-state index contributed by atoms with van der Waals surface area (Å²) in [5.41, 5.74) is 0.484. The summed E-state index contributed by atoms with van der Waals surface area (Å²) >= 11 is 3.35. The molecule has 1 saturated carbocycles. The van der Waals surface area contributed by atoms with Gasteiger partial charge in [0.25, 0.3) is 0 Å². The standard InChI is InChI=1S/C13H15BrFNO/c14-7-8-16(11-5-6-11)13(17)9-10-3-1-2-4-12(10)15/h1-4,11H,5-9H2. The SMILES string of the molecule is O=C(Cc1ccccc1F)N(CCBr)C1CC1. The molecule has 0 aliphatic heterocycles. The first-order valence-electron chi connectivity index (χ1n) is 5.81. The Balaban J connectivity index is 2.02. The van der Waals surface area contributed by atoms with Gasteiger partial charge in [0.2, 0.25) is 5.91 Å². The third kappa shape index (κ3) is 3.28. The van der Waals surface area contributed by atoms with Crippen LogP contribution in [0.5, 0.6) is 0 Å². The normalized spacial score (nSPS) is 14.7. The number of carbonyl (C=O) groups excluding carboxylic acids is 1. The van der Waals surface area contributed by atoms with Crippen LogP contribution in [0.4, 0.5) is 4.39 Å². The van der Waals surface area contributed by atoms with E-state index >= 15 is 0 Å². The van der Waals surface area contributed by atoms with Crippen LogP contribution in [0.25, 0.3) is 0 Å². The molecular weight excluding hydrogens is 285 g/mol. The van der Waals surface area contributed by atoms with Gasteiger partial charge in [0.05, 0.1) is 6.42 Å². The van der Waals surface area contributed by atoms with Crippen molar-refractivity contribution in [3.8, 4) is 0 Å². The molecule has 0 saturated heterocycles. The summed E-state index contributed by atoms with van der Waals surface area (Å²) in [5.74, 6) is -0.271. The number of amides is 1. The first kappa shape index (κ1) is 12.6. The summed E-state index contributed by atoms with van der Waals surface area (Å²) in [5, 5.41) is 0.770. The number of nitrogens with zero attached hydrogens (tertiary/aromatic N) is 1. The number of hydrogen-bond donors (Lipinski definition) is 0. The molecule has 2 rings (SSSR count). The maximum Gasteiger partial charge on any atom is 0.227 e. The fourth-order valence-electron chi connectivity index (χ4n) is 1.89. The average Bonchev–Trinajstić information content (AvgIpc) is 3.13. The molecule has 1 aliphatic rings. The van der Waals surface area contributed by atoms with Gasteiger partial charge in [-0.3, -0.25) is 4.79 Å². The van der Waals surface area contributed by atoms with Gasteiger partial charge < -0.3 is 4.90 Å². The first-order chi connectivity index (χ1) is 8.22. The molecule has 1 aromatic rings. The van der Waals surface area contributed by atoms with Crippen LogP contribution in [-0.2, 0) is 11.2 Å². The van der Waals surface area contributed by atoms with Crippen LogP contribution in [0.1, 0.15) is 18.4 Å². The minimum absolute atomic E-state index is 0.0250. The van der Waals surface area contributed by atoms with Gasteiger partial charge in [0.15, 0.2) is 0 Å². The van der Waals surface area contributed by atoms with Gasteiger partial charge in [-0.2, -0.15) is 0 Å². The van der Waals surface area contributed by atoms with Gasteiger partial charge in [0.1, 0.15) is 5.82 Å². The van der Waals surface area contributed by atoms with Crippen LogP contribution in [0.3, 0.4) is 0 Å². The van der Waals surface area contributed by atoms with Gasteiger partial charge in [-0.25, -0.2) is 4.39 Å². The Morgan fingerprint density at radius 2 is 2.12 bits per heavy atom. The van der Waals surface area contributed by atoms with E-state index in [4.69, 9.17) is 0 Å². The second-order valence-corrected chi connectivity index (χ2v) is 5.07. The van der Waals surface area contributed by atoms with Gasteiger partial charge >= 0.3 is 0 Å². The van der Waals surface area contributed by atoms with Gasteiger partial charge in [-0.15, -0.1) is 0 Å². The van der Waals surface area contributed by atoms with Crippen LogP contribution < -0.4 is 0 Å². The van der Waals surface area contributed by atoms with Gasteiger partial charge in [-0.05, 0) is 24.5 Å². The largest absolute Gasteiger partial charge is 0.339 e. The predicted octanol–water partition coefficient (Wildman–Crippen LogP) is 2.75. The van der Waals surface area contributed by atoms with E-state index in [2.05, 4.69) is 15.9 Å². The molecule has 1 aliphatic carbocycles. The number of alkyl halides is 1. The van der Waals surface area contributed by atoms with E-state index in [9.17, 15) is 9.18 Å². The van der Waals surface area contributed by atoms with Crippen molar-refractivity contribution >= 4 is 21.8 Å². The molecule has 0 unspecified atom stereocenters. The van der Waals surface area contributed by atoms with E-state index in [1.54, 1.807) is 18.2 Å². The average molecular weight is 300 g/mol. The lowest BCUT2D eigenvalue weighted by Crippen LogP contribution is -2.35. The van der Waals surface area contributed by atoms with Crippen molar-refractivity contribution in [3.63, 3.8) is 0 Å². The molecule has 0 heterocycles. The lowest BCUT2D eigenvalue weighted by molar-refractivity contribution is -0.130. The Morgan fingerprint density at radius 3 is 2.71 bits per heavy atom. The molecule has 0 aromatic heterocycles. The minimum atomic E-state index is -0.296. The minimum Gasteiger partial charge on any atom is -0.339 e. The van der Waals surface area contributed by atoms with Crippen LogP contribution in [0.15, 0.2) is 24.3 Å². The van der Waals surface area contributed by atoms with Crippen molar-refractivity contribution < 1.29 is 9.18 Å². The molecule has 17 heavy (non-hydrogen) atoms. The Bertz CT molecular complexity index is 406. The second-order valence-electron chi connectivity index (χ2n) is 4.28. The molecule has 1 aromatic carbocycles. The first-order valence-corrected chi connectivity index (χ1v) is 6.93. The molecule has 4 heteroatoms. The molecule has 0 atom stereocenters. The lowest BCUT2D eigenvalue weighted by atomic mass is 10.1. The zero-order chi connectivity index (χ0) is 12.3. The van der Waals surface area contributed by atoms with E-state index in [0.717, 1.165) is 18.2 Å². The Kier molecular flexibility index (Phi) is 4.15. The highest BCUT2D eigenvalue weighted by atomic mass is 79.9. The highest BCUT2D eigenvalue weighted by Gasteiger charge is 2.31. The molecule has 0 radical (unpaired) electrons. The summed E-state index contributed by atoms with van der Waals surface area (Å²) in [4.78, 5) is 13.9. The monoisotopic (exact) mass is 299 g/mol. The summed E-state index contributed by atoms with van der Waals surface area (Å²) in [7, 11) is 0. The molecule has 0 spiro atoms. The fraction of sp³-hybridized carbons (Fsp3) is 0.462. The fourth-order valence-corrected chi connectivity index (χ4v) is 2.28. The number of rotatable bonds is 5. The molecule has 2 nitrogen and oxygen atoms in total. The van der Waals surface area contributed by atoms with Crippen LogP contribution in [-0.4, -0.2) is 28.7 Å². The maximum absolute atomic E-state index is 13.4. The summed E-state index contributed by atoms with van der Waals surface area (Å²) in [6.45, 7) is 0.706. The van der Waals surface area contributed by atoms with Crippen molar-refractivity contribution in [1.29, 1.82) is 0 Å². The molecular formula is C13H15BrFNO. The molecule has 1 amide bonds. The Morgan fingerprint density at radius 1 is 1.41 bits per heavy atom. The van der Waals surface area contributed by atoms with Crippen molar-refractivity contribution in [2.45, 2.75) is 25.3 Å². The van der Waals surface area contributed by atoms with Crippen molar-refractivity contribution in [3.05, 3.63) is 35.6 Å². The van der Waals surface area contributed by atoms with Gasteiger partial charge in [0, 0.05) is 17.9 Å². The van der Waals surface area contributed by atoms with E-state index < -0.39 is 0 Å². The molecule has 0 bridgehead atoms. The number of carbonyl (C=O) groups is 1. The maximum atomic E-state index is 13.4. The summed E-state index contributed by atoms with van der Waals surface area (Å²) in [6.07, 6.45) is 2.32. The molecule has 1 fully saturated rings. The van der Waals surface area contributed by atoms with E-state index in [-0.39, 0.29) is 18.1 Å². The summed E-state index contributed by atoms with van der Waals surface area (Å²) < 4.78 is 13.4. The van der Waals surface area contributed by atoms with Crippen LogP contribution >= 0.6 is 15.9 Å². The smallest absolute Gasteiger partial charge is 0.227 e. The van der Waals surface area contributed by atoms with E-state index in [1.165, 1.54) is 6.07 Å². The Labute approximate surface area is 109 Å². The second kappa shape index (κ2) is 5.63. The Hall–Kier alpha value is -0.900. The lowest BCUT2D eigenvalue weighted by Gasteiger charge is -2.21. The zero-order valence-electron chi connectivity index (χ0n) is 9.53. The van der Waals surface area contributed by atoms with Crippen molar-refractivity contribution in [1.82, 2.24) is 4.90 Å². The molecule has 0 N–H and O–H groups in total. The van der Waals surface area contributed by atoms with Crippen LogP contribution in [0.2, 0.25) is 0 Å². The number of halogens is 2. The van der Waals surface area contributed by atoms with Crippen LogP contribution in [0, 0.1) is 5.82 Å². The highest BCUT2D eigenvalue weighted by Crippen LogP contribution is 2.27. The van der Waals surface area contributed by atoms with Crippen molar-refractivity contribution in [2.75, 3.05) is 11.9 Å². The zero-order valence-corrected chi connectivity index (χ0v) is 11.1.